The van der Waals surface area contributed by atoms with Crippen LogP contribution in [0.5, 0.6) is 11.6 Å². The van der Waals surface area contributed by atoms with Crippen molar-refractivity contribution in [2.75, 3.05) is 6.61 Å². The molecule has 3 rings (SSSR count). The largest absolute Gasteiger partial charge is 0.476 e. The molecule has 0 bridgehead atoms. The average Bonchev–Trinajstić information content (AvgIpc) is 3.11. The first kappa shape index (κ1) is 19.1. The first-order valence-corrected chi connectivity index (χ1v) is 8.13. The summed E-state index contributed by atoms with van der Waals surface area (Å²) in [7, 11) is 0. The van der Waals surface area contributed by atoms with Crippen molar-refractivity contribution in [3.05, 3.63) is 48.3 Å². The van der Waals surface area contributed by atoms with Crippen LogP contribution in [0.1, 0.15) is 23.2 Å². The summed E-state index contributed by atoms with van der Waals surface area (Å²) in [4.78, 5) is 23.5. The Morgan fingerprint density at radius 1 is 1.32 bits per heavy atom. The number of aromatic nitrogens is 5. The summed E-state index contributed by atoms with van der Waals surface area (Å²) in [6.07, 6.45) is 2.54. The highest BCUT2D eigenvalue weighted by Crippen LogP contribution is 2.29. The number of carbonyl (C=O) groups is 1. The van der Waals surface area contributed by atoms with E-state index in [1.54, 1.807) is 13.0 Å². The summed E-state index contributed by atoms with van der Waals surface area (Å²) in [5, 5.41) is 13.0. The highest BCUT2D eigenvalue weighted by Gasteiger charge is 2.16. The van der Waals surface area contributed by atoms with Crippen molar-refractivity contribution in [2.24, 2.45) is 0 Å². The van der Waals surface area contributed by atoms with E-state index >= 15 is 0 Å². The summed E-state index contributed by atoms with van der Waals surface area (Å²) < 4.78 is 36.0. The summed E-state index contributed by atoms with van der Waals surface area (Å²) in [5.41, 5.74) is 1.13. The second-order valence-corrected chi connectivity index (χ2v) is 5.40. The van der Waals surface area contributed by atoms with Gasteiger partial charge in [0.2, 0.25) is 11.7 Å². The van der Waals surface area contributed by atoms with Gasteiger partial charge in [-0.2, -0.15) is 13.9 Å². The van der Waals surface area contributed by atoms with Gasteiger partial charge in [-0.1, -0.05) is 12.1 Å². The maximum atomic E-state index is 12.5. The molecule has 2 aromatic heterocycles. The maximum absolute atomic E-state index is 12.5. The Morgan fingerprint density at radius 2 is 2.14 bits per heavy atom. The third-order valence-electron chi connectivity index (χ3n) is 3.52. The summed E-state index contributed by atoms with van der Waals surface area (Å²) in [6.45, 7) is -0.868. The molecule has 0 unspecified atom stereocenters. The van der Waals surface area contributed by atoms with Crippen molar-refractivity contribution >= 4 is 5.97 Å². The van der Waals surface area contributed by atoms with Crippen molar-refractivity contribution in [3.63, 3.8) is 0 Å². The molecule has 0 aliphatic rings. The van der Waals surface area contributed by atoms with Gasteiger partial charge in [0, 0.05) is 5.56 Å². The molecule has 0 aliphatic carbocycles. The van der Waals surface area contributed by atoms with E-state index in [0.29, 0.717) is 23.6 Å². The smallest absolute Gasteiger partial charge is 0.387 e. The average molecular weight is 391 g/mol. The van der Waals surface area contributed by atoms with Gasteiger partial charge < -0.3 is 14.6 Å². The highest BCUT2D eigenvalue weighted by molar-refractivity contribution is 5.83. The van der Waals surface area contributed by atoms with Gasteiger partial charge in [0.1, 0.15) is 17.8 Å². The van der Waals surface area contributed by atoms with Crippen LogP contribution in [0.4, 0.5) is 8.78 Å². The number of hydrogen-bond donors (Lipinski definition) is 1. The number of benzene rings is 1. The number of alkyl halides is 2. The van der Waals surface area contributed by atoms with Gasteiger partial charge in [0.25, 0.3) is 0 Å². The first-order chi connectivity index (χ1) is 13.5. The van der Waals surface area contributed by atoms with E-state index in [2.05, 4.69) is 24.8 Å². The van der Waals surface area contributed by atoms with Crippen molar-refractivity contribution < 1.29 is 28.2 Å². The van der Waals surface area contributed by atoms with E-state index < -0.39 is 12.6 Å². The predicted molar refractivity (Wildman–Crippen MR) is 91.4 cm³/mol. The summed E-state index contributed by atoms with van der Waals surface area (Å²) in [6, 6.07) is 5.96. The minimum Gasteiger partial charge on any atom is -0.476 e. The minimum atomic E-state index is -2.96. The Balaban J connectivity index is 1.98. The van der Waals surface area contributed by atoms with Gasteiger partial charge in [-0.3, -0.25) is 0 Å². The van der Waals surface area contributed by atoms with Crippen molar-refractivity contribution in [1.82, 2.24) is 24.7 Å². The van der Waals surface area contributed by atoms with Crippen LogP contribution in [0.25, 0.3) is 11.3 Å². The first-order valence-electron chi connectivity index (χ1n) is 8.13. The lowest BCUT2D eigenvalue weighted by atomic mass is 10.1. The normalized spacial score (nSPS) is 10.9. The summed E-state index contributed by atoms with van der Waals surface area (Å²) in [5.74, 6) is -1.30. The number of ether oxygens (including phenoxy) is 2. The fourth-order valence-electron chi connectivity index (χ4n) is 2.44. The molecule has 0 spiro atoms. The summed E-state index contributed by atoms with van der Waals surface area (Å²) >= 11 is 0. The second kappa shape index (κ2) is 8.37. The number of carboxylic acids is 1. The number of hydrogen-bond acceptors (Lipinski definition) is 7. The molecule has 1 aromatic carbocycles. The number of nitrogens with zero attached hydrogens (tertiary/aromatic N) is 5. The van der Waals surface area contributed by atoms with Crippen LogP contribution in [-0.4, -0.2) is 49.0 Å². The molecule has 0 radical (unpaired) electrons. The highest BCUT2D eigenvalue weighted by atomic mass is 19.3. The van der Waals surface area contributed by atoms with Crippen LogP contribution >= 0.6 is 0 Å². The van der Waals surface area contributed by atoms with Crippen LogP contribution in [0.15, 0.2) is 36.8 Å². The van der Waals surface area contributed by atoms with E-state index in [0.717, 1.165) is 11.0 Å². The molecule has 146 valence electrons. The van der Waals surface area contributed by atoms with E-state index in [4.69, 9.17) is 9.84 Å². The molecule has 1 N–H and O–H groups in total. The molecule has 11 heteroatoms. The van der Waals surface area contributed by atoms with Crippen molar-refractivity contribution in [2.45, 2.75) is 20.1 Å². The molecule has 2 heterocycles. The zero-order chi connectivity index (χ0) is 20.1. The van der Waals surface area contributed by atoms with Gasteiger partial charge >= 0.3 is 12.6 Å². The molecular formula is C17H15F2N5O4. The van der Waals surface area contributed by atoms with E-state index in [9.17, 15) is 13.6 Å². The molecule has 0 saturated heterocycles. The molecule has 0 aliphatic heterocycles. The topological polar surface area (TPSA) is 112 Å². The number of rotatable bonds is 8. The van der Waals surface area contributed by atoms with Crippen LogP contribution in [0.3, 0.4) is 0 Å². The Bertz CT molecular complexity index is 980. The molecule has 0 amide bonds. The van der Waals surface area contributed by atoms with Gasteiger partial charge in [0.05, 0.1) is 25.0 Å². The third kappa shape index (κ3) is 4.37. The van der Waals surface area contributed by atoms with Crippen LogP contribution in [-0.2, 0) is 6.54 Å². The number of carboxylic acid groups (broad SMARTS) is 1. The fraction of sp³-hybridized carbons (Fsp3) is 0.235. The standard InChI is InChI=1S/C17H15F2N5O4/c1-2-27-15-13(10-4-3-5-12(6-10)28-17(18)19)23-11(7-20-15)8-24-14(16(25)26)21-9-22-24/h3-7,9,17H,2,8H2,1H3,(H,25,26). The third-order valence-corrected chi connectivity index (χ3v) is 3.52. The van der Waals surface area contributed by atoms with Gasteiger partial charge in [-0.15, -0.1) is 0 Å². The fourth-order valence-corrected chi connectivity index (χ4v) is 2.44. The molecule has 0 atom stereocenters. The molecule has 0 saturated carbocycles. The van der Waals surface area contributed by atoms with Gasteiger partial charge in [0.15, 0.2) is 0 Å². The monoisotopic (exact) mass is 391 g/mol. The zero-order valence-corrected chi connectivity index (χ0v) is 14.6. The zero-order valence-electron chi connectivity index (χ0n) is 14.6. The van der Waals surface area contributed by atoms with Crippen molar-refractivity contribution in [1.29, 1.82) is 0 Å². The molecular weight excluding hydrogens is 376 g/mol. The Morgan fingerprint density at radius 3 is 2.86 bits per heavy atom. The Labute approximate surface area is 157 Å². The molecule has 9 nitrogen and oxygen atoms in total. The van der Waals surface area contributed by atoms with Gasteiger partial charge in [-0.25, -0.2) is 24.4 Å². The van der Waals surface area contributed by atoms with Gasteiger partial charge in [-0.05, 0) is 19.1 Å². The second-order valence-electron chi connectivity index (χ2n) is 5.40. The van der Waals surface area contributed by atoms with E-state index in [1.807, 2.05) is 0 Å². The number of aromatic carboxylic acids is 1. The lowest BCUT2D eigenvalue weighted by Gasteiger charge is -2.12. The Kier molecular flexibility index (Phi) is 5.72. The SMILES string of the molecule is CCOc1ncc(Cn2ncnc2C(=O)O)nc1-c1cccc(OC(F)F)c1. The van der Waals surface area contributed by atoms with E-state index in [-0.39, 0.29) is 24.0 Å². The van der Waals surface area contributed by atoms with Crippen LogP contribution in [0.2, 0.25) is 0 Å². The van der Waals surface area contributed by atoms with Crippen LogP contribution < -0.4 is 9.47 Å². The molecule has 3 aromatic rings. The van der Waals surface area contributed by atoms with E-state index in [1.165, 1.54) is 24.4 Å². The number of halogens is 2. The lowest BCUT2D eigenvalue weighted by molar-refractivity contribution is -0.0498. The predicted octanol–water partition coefficient (Wildman–Crippen LogP) is 2.48. The lowest BCUT2D eigenvalue weighted by Crippen LogP contribution is -2.13. The Hall–Kier alpha value is -3.63. The maximum Gasteiger partial charge on any atom is 0.387 e. The quantitative estimate of drug-likeness (QED) is 0.623. The minimum absolute atomic E-state index is 0.00125. The van der Waals surface area contributed by atoms with Crippen LogP contribution in [0, 0.1) is 0 Å². The molecule has 28 heavy (non-hydrogen) atoms. The van der Waals surface area contributed by atoms with Crippen molar-refractivity contribution in [3.8, 4) is 22.9 Å². The molecule has 0 fully saturated rings.